The van der Waals surface area contributed by atoms with Crippen LogP contribution in [0.4, 0.5) is 0 Å². The second kappa shape index (κ2) is 11.5. The van der Waals surface area contributed by atoms with Gasteiger partial charge in [0.05, 0.1) is 13.2 Å². The van der Waals surface area contributed by atoms with Gasteiger partial charge in [-0.05, 0) is 31.2 Å². The molecule has 13 heteroatoms. The summed E-state index contributed by atoms with van der Waals surface area (Å²) < 4.78 is 21.9. The Balaban J connectivity index is 1.64. The lowest BCUT2D eigenvalue weighted by Gasteiger charge is -2.43. The van der Waals surface area contributed by atoms with Crippen LogP contribution >= 0.6 is 0 Å². The number of ether oxygens (including phenoxy) is 3. The summed E-state index contributed by atoms with van der Waals surface area (Å²) >= 11 is 0. The fourth-order valence-electron chi connectivity index (χ4n) is 4.28. The number of rotatable bonds is 8. The van der Waals surface area contributed by atoms with Gasteiger partial charge in [0.25, 0.3) is 0 Å². The lowest BCUT2D eigenvalue weighted by atomic mass is 9.90. The molecule has 0 radical (unpaired) electrons. The molecule has 2 aromatic carbocycles. The van der Waals surface area contributed by atoms with E-state index in [2.05, 4.69) is 0 Å². The van der Waals surface area contributed by atoms with Gasteiger partial charge in [-0.3, -0.25) is 4.79 Å². The van der Waals surface area contributed by atoms with E-state index in [-0.39, 0.29) is 22.5 Å². The number of phenolic OH excluding ortho intramolecular Hbond substituents is 1. The van der Waals surface area contributed by atoms with Crippen LogP contribution in [-0.2, 0) is 4.74 Å². The maximum Gasteiger partial charge on any atom is 0.229 e. The largest absolute Gasteiger partial charge is 0.507 e. The third-order valence-electron chi connectivity index (χ3n) is 6.55. The van der Waals surface area contributed by atoms with Gasteiger partial charge in [0.1, 0.15) is 76.7 Å². The van der Waals surface area contributed by atoms with Gasteiger partial charge in [0.15, 0.2) is 5.43 Å². The van der Waals surface area contributed by atoms with Gasteiger partial charge in [0.2, 0.25) is 6.29 Å². The zero-order chi connectivity index (χ0) is 28.6. The quantitative estimate of drug-likeness (QED) is 0.166. The summed E-state index contributed by atoms with van der Waals surface area (Å²) in [5.41, 5.74) is -0.0905. The molecule has 9 atom stereocenters. The number of aliphatic hydroxyl groups excluding tert-OH is 7. The van der Waals surface area contributed by atoms with Crippen LogP contribution in [-0.4, -0.2) is 103 Å². The first-order chi connectivity index (χ1) is 18.4. The number of aromatic hydroxyl groups is 1. The Hall–Kier alpha value is -3.27. The molecule has 1 unspecified atom stereocenters. The van der Waals surface area contributed by atoms with E-state index in [0.29, 0.717) is 11.3 Å². The molecule has 1 aromatic heterocycles. The highest BCUT2D eigenvalue weighted by molar-refractivity contribution is 5.86. The SMILES string of the molecule is COc1ccc(-c2cc(=O)c3c(O)cc(OC4O[C@H]([C@H](O)[C@@H](O)[C@H](O)[C@@H](C)O)[C@@H](O)[C@H](O)[C@H]4O)cc3o2)cc1. The molecule has 1 saturated heterocycles. The molecule has 39 heavy (non-hydrogen) atoms. The van der Waals surface area contributed by atoms with E-state index in [4.69, 9.17) is 18.6 Å². The topological polar surface area (TPSA) is 220 Å². The van der Waals surface area contributed by atoms with Crippen LogP contribution in [0.1, 0.15) is 6.92 Å². The third kappa shape index (κ3) is 5.71. The Morgan fingerprint density at radius 2 is 1.54 bits per heavy atom. The zero-order valence-corrected chi connectivity index (χ0v) is 20.9. The molecule has 0 spiro atoms. The zero-order valence-electron chi connectivity index (χ0n) is 20.9. The van der Waals surface area contributed by atoms with Crippen molar-refractivity contribution in [2.24, 2.45) is 0 Å². The lowest BCUT2D eigenvalue weighted by Crippen LogP contribution is -2.64. The number of phenols is 1. The van der Waals surface area contributed by atoms with Crippen molar-refractivity contribution in [1.82, 2.24) is 0 Å². The first-order valence-corrected chi connectivity index (χ1v) is 12.0. The molecule has 0 amide bonds. The highest BCUT2D eigenvalue weighted by Crippen LogP contribution is 2.34. The van der Waals surface area contributed by atoms with Crippen LogP contribution < -0.4 is 14.9 Å². The maximum absolute atomic E-state index is 12.7. The van der Waals surface area contributed by atoms with E-state index in [1.165, 1.54) is 19.2 Å². The van der Waals surface area contributed by atoms with Gasteiger partial charge in [-0.25, -0.2) is 0 Å². The molecule has 1 fully saturated rings. The first-order valence-electron chi connectivity index (χ1n) is 12.0. The van der Waals surface area contributed by atoms with E-state index in [0.717, 1.165) is 13.0 Å². The average Bonchev–Trinajstić information content (AvgIpc) is 2.91. The van der Waals surface area contributed by atoms with Crippen molar-refractivity contribution >= 4 is 11.0 Å². The van der Waals surface area contributed by atoms with Crippen molar-refractivity contribution in [3.05, 3.63) is 52.7 Å². The van der Waals surface area contributed by atoms with Gasteiger partial charge < -0.3 is 59.5 Å². The van der Waals surface area contributed by atoms with Crippen LogP contribution in [0.3, 0.4) is 0 Å². The van der Waals surface area contributed by atoms with Crippen LogP contribution in [0.2, 0.25) is 0 Å². The summed E-state index contributed by atoms with van der Waals surface area (Å²) in [5, 5.41) is 81.4. The Kier molecular flexibility index (Phi) is 8.44. The molecule has 3 aromatic rings. The highest BCUT2D eigenvalue weighted by atomic mass is 16.7. The second-order valence-corrected chi connectivity index (χ2v) is 9.29. The molecule has 8 N–H and O–H groups in total. The monoisotopic (exact) mass is 550 g/mol. The molecule has 0 bridgehead atoms. The van der Waals surface area contributed by atoms with E-state index in [9.17, 15) is 45.6 Å². The standard InChI is InChI=1S/C26H30O13/c1-10(27)19(30)20(31)22(33)25-23(34)21(32)24(35)26(39-25)37-13-7-14(28)18-15(29)9-16(38-17(18)8-13)11-3-5-12(36-2)6-4-11/h3-10,19-28,30-35H,1-2H3/t10-,19-,20+,21+,22-,23+,24-,25-,26?/m1/s1. The summed E-state index contributed by atoms with van der Waals surface area (Å²) in [6, 6.07) is 10.1. The van der Waals surface area contributed by atoms with Crippen molar-refractivity contribution in [3.63, 3.8) is 0 Å². The molecule has 0 saturated carbocycles. The molecule has 212 valence electrons. The van der Waals surface area contributed by atoms with Crippen LogP contribution in [0.5, 0.6) is 17.2 Å². The minimum atomic E-state index is -2.02. The van der Waals surface area contributed by atoms with Crippen molar-refractivity contribution in [2.45, 2.75) is 62.0 Å². The number of hydrogen-bond acceptors (Lipinski definition) is 13. The minimum Gasteiger partial charge on any atom is -0.507 e. The van der Waals surface area contributed by atoms with Gasteiger partial charge in [0, 0.05) is 23.8 Å². The maximum atomic E-state index is 12.7. The van der Waals surface area contributed by atoms with Gasteiger partial charge in [-0.2, -0.15) is 0 Å². The van der Waals surface area contributed by atoms with E-state index < -0.39 is 66.3 Å². The Labute approximate surface area is 221 Å². The number of fused-ring (bicyclic) bond motifs is 1. The lowest BCUT2D eigenvalue weighted by molar-refractivity contribution is -0.298. The number of hydrogen-bond donors (Lipinski definition) is 8. The summed E-state index contributed by atoms with van der Waals surface area (Å²) in [6.07, 6.45) is -16.5. The Bertz CT molecular complexity index is 1340. The molecule has 2 heterocycles. The summed E-state index contributed by atoms with van der Waals surface area (Å²) in [7, 11) is 1.51. The Morgan fingerprint density at radius 3 is 2.15 bits per heavy atom. The predicted molar refractivity (Wildman–Crippen MR) is 133 cm³/mol. The van der Waals surface area contributed by atoms with Gasteiger partial charge >= 0.3 is 0 Å². The van der Waals surface area contributed by atoms with E-state index in [1.807, 2.05) is 0 Å². The van der Waals surface area contributed by atoms with Crippen LogP contribution in [0, 0.1) is 0 Å². The number of aliphatic hydroxyl groups is 7. The molecular weight excluding hydrogens is 520 g/mol. The average molecular weight is 551 g/mol. The predicted octanol–water partition coefficient (Wildman–Crippen LogP) is -1.18. The molecule has 13 nitrogen and oxygen atoms in total. The normalized spacial score (nSPS) is 26.5. The van der Waals surface area contributed by atoms with Crippen LogP contribution in [0.15, 0.2) is 51.7 Å². The molecule has 1 aliphatic heterocycles. The Morgan fingerprint density at radius 1 is 0.872 bits per heavy atom. The van der Waals surface area contributed by atoms with E-state index in [1.54, 1.807) is 24.3 Å². The van der Waals surface area contributed by atoms with Crippen LogP contribution in [0.25, 0.3) is 22.3 Å². The summed E-state index contributed by atoms with van der Waals surface area (Å²) in [6.45, 7) is 1.16. The minimum absolute atomic E-state index is 0.0822. The van der Waals surface area contributed by atoms with E-state index >= 15 is 0 Å². The molecule has 0 aliphatic carbocycles. The molecule has 1 aliphatic rings. The number of methoxy groups -OCH3 is 1. The molecule has 4 rings (SSSR count). The van der Waals surface area contributed by atoms with Gasteiger partial charge in [-0.1, -0.05) is 0 Å². The fraction of sp³-hybridized carbons (Fsp3) is 0.423. The van der Waals surface area contributed by atoms with Gasteiger partial charge in [-0.15, -0.1) is 0 Å². The first kappa shape index (κ1) is 28.7. The fourth-order valence-corrected chi connectivity index (χ4v) is 4.28. The third-order valence-corrected chi connectivity index (χ3v) is 6.55. The smallest absolute Gasteiger partial charge is 0.229 e. The van der Waals surface area contributed by atoms with Crippen molar-refractivity contribution < 1.29 is 59.5 Å². The van der Waals surface area contributed by atoms with Crippen molar-refractivity contribution in [3.8, 4) is 28.6 Å². The van der Waals surface area contributed by atoms with Crippen molar-refractivity contribution in [1.29, 1.82) is 0 Å². The summed E-state index contributed by atoms with van der Waals surface area (Å²) in [4.78, 5) is 12.7. The number of benzene rings is 2. The van der Waals surface area contributed by atoms with Crippen molar-refractivity contribution in [2.75, 3.05) is 7.11 Å². The molecular formula is C26H30O13. The summed E-state index contributed by atoms with van der Waals surface area (Å²) in [5.74, 6) is 0.0638. The second-order valence-electron chi connectivity index (χ2n) is 9.29. The highest BCUT2D eigenvalue weighted by Gasteiger charge is 2.50.